The Morgan fingerprint density at radius 2 is 1.08 bits per heavy atom. The lowest BCUT2D eigenvalue weighted by Crippen LogP contribution is -2.32. The van der Waals surface area contributed by atoms with Crippen LogP contribution in [0, 0.1) is 5.92 Å². The molecule has 0 fully saturated rings. The molecule has 0 bridgehead atoms. The summed E-state index contributed by atoms with van der Waals surface area (Å²) in [6.07, 6.45) is 2.29. The van der Waals surface area contributed by atoms with Crippen molar-refractivity contribution in [2.24, 2.45) is 5.92 Å². The summed E-state index contributed by atoms with van der Waals surface area (Å²) < 4.78 is 0. The van der Waals surface area contributed by atoms with E-state index >= 15 is 0 Å². The molecule has 0 atom stereocenters. The van der Waals surface area contributed by atoms with Gasteiger partial charge in [0.25, 0.3) is 0 Å². The van der Waals surface area contributed by atoms with Gasteiger partial charge in [-0.2, -0.15) is 0 Å². The number of hydrogen-bond donors (Lipinski definition) is 0. The van der Waals surface area contributed by atoms with Crippen molar-refractivity contribution in [3.05, 3.63) is 90.5 Å². The van der Waals surface area contributed by atoms with Gasteiger partial charge in [0.15, 0.2) is 0 Å². The Kier molecular flexibility index (Phi) is 5.71. The van der Waals surface area contributed by atoms with Gasteiger partial charge in [-0.1, -0.05) is 62.4 Å². The maximum atomic E-state index is 2.38. The highest BCUT2D eigenvalue weighted by Crippen LogP contribution is 2.54. The van der Waals surface area contributed by atoms with E-state index in [9.17, 15) is 0 Å². The number of hydrogen-bond acceptors (Lipinski definition) is 0. The van der Waals surface area contributed by atoms with Crippen LogP contribution in [-0.2, 0) is 6.42 Å². The quantitative estimate of drug-likeness (QED) is 0.538. The Bertz CT molecular complexity index is 734. The van der Waals surface area contributed by atoms with Gasteiger partial charge < -0.3 is 0 Å². The lowest BCUT2D eigenvalue weighted by molar-refractivity contribution is 0.647. The van der Waals surface area contributed by atoms with Crippen molar-refractivity contribution in [1.82, 2.24) is 0 Å². The fourth-order valence-corrected chi connectivity index (χ4v) is 7.73. The molecule has 0 radical (unpaired) electrons. The summed E-state index contributed by atoms with van der Waals surface area (Å²) >= 11 is 0. The molecule has 0 aromatic heterocycles. The molecule has 3 rings (SSSR count). The summed E-state index contributed by atoms with van der Waals surface area (Å²) in [6.45, 7) is 6.91. The lowest BCUT2D eigenvalue weighted by atomic mass is 10.0. The smallest absolute Gasteiger partial charge is 0.0625 e. The van der Waals surface area contributed by atoms with E-state index in [4.69, 9.17) is 0 Å². The molecule has 3 aromatic carbocycles. The summed E-state index contributed by atoms with van der Waals surface area (Å²) in [7, 11) is -1.59. The standard InChI is InChI=1S/C24H28P/c1-4-25(22-11-7-5-8-12-22,23-13-9-6-10-14-23)24-17-15-21(16-18-24)19-20(2)3/h5-18,20H,4,19H2,1-3H3/q+1. The molecule has 128 valence electrons. The van der Waals surface area contributed by atoms with E-state index in [0.29, 0.717) is 5.92 Å². The Labute approximate surface area is 153 Å². The minimum Gasteiger partial charge on any atom is -0.0625 e. The minimum absolute atomic E-state index is 0.694. The second-order valence-corrected chi connectivity index (χ2v) is 10.9. The highest BCUT2D eigenvalue weighted by Gasteiger charge is 2.43. The van der Waals surface area contributed by atoms with Crippen molar-refractivity contribution in [3.63, 3.8) is 0 Å². The predicted molar refractivity (Wildman–Crippen MR) is 114 cm³/mol. The van der Waals surface area contributed by atoms with Crippen LogP contribution in [0.3, 0.4) is 0 Å². The van der Waals surface area contributed by atoms with Crippen molar-refractivity contribution >= 4 is 23.2 Å². The molecule has 0 saturated heterocycles. The first-order valence-electron chi connectivity index (χ1n) is 9.25. The molecule has 0 unspecified atom stereocenters. The molecule has 0 N–H and O–H groups in total. The van der Waals surface area contributed by atoms with Crippen molar-refractivity contribution in [3.8, 4) is 0 Å². The van der Waals surface area contributed by atoms with E-state index in [2.05, 4.69) is 106 Å². The Balaban J connectivity index is 2.14. The maximum absolute atomic E-state index is 2.38. The molecule has 1 heteroatoms. The van der Waals surface area contributed by atoms with Gasteiger partial charge in [-0.25, -0.2) is 0 Å². The molecule has 0 aliphatic heterocycles. The number of benzene rings is 3. The van der Waals surface area contributed by atoms with Crippen molar-refractivity contribution in [2.45, 2.75) is 27.2 Å². The molecule has 0 aliphatic rings. The summed E-state index contributed by atoms with van der Waals surface area (Å²) in [6, 6.07) is 31.6. The van der Waals surface area contributed by atoms with Crippen LogP contribution in [0.25, 0.3) is 0 Å². The van der Waals surface area contributed by atoms with Gasteiger partial charge in [-0.05, 0) is 61.2 Å². The van der Waals surface area contributed by atoms with Crippen LogP contribution in [0.2, 0.25) is 0 Å². The van der Waals surface area contributed by atoms with Crippen molar-refractivity contribution < 1.29 is 0 Å². The first-order valence-corrected chi connectivity index (χ1v) is 11.2. The average Bonchev–Trinajstić information content (AvgIpc) is 2.65. The maximum Gasteiger partial charge on any atom is 0.111 e. The highest BCUT2D eigenvalue weighted by atomic mass is 31.2. The zero-order valence-corrected chi connectivity index (χ0v) is 16.4. The third kappa shape index (κ3) is 3.70. The summed E-state index contributed by atoms with van der Waals surface area (Å²) in [5.74, 6) is 0.694. The van der Waals surface area contributed by atoms with Gasteiger partial charge in [0.05, 0.1) is 6.16 Å². The molecule has 0 amide bonds. The van der Waals surface area contributed by atoms with Gasteiger partial charge in [-0.15, -0.1) is 0 Å². The second-order valence-electron chi connectivity index (χ2n) is 7.06. The molecule has 0 aliphatic carbocycles. The van der Waals surface area contributed by atoms with E-state index in [0.717, 1.165) is 12.6 Å². The van der Waals surface area contributed by atoms with Gasteiger partial charge in [0, 0.05) is 0 Å². The lowest BCUT2D eigenvalue weighted by Gasteiger charge is -2.26. The van der Waals surface area contributed by atoms with E-state index < -0.39 is 7.26 Å². The van der Waals surface area contributed by atoms with Gasteiger partial charge in [0.2, 0.25) is 0 Å². The monoisotopic (exact) mass is 347 g/mol. The summed E-state index contributed by atoms with van der Waals surface area (Å²) in [5, 5.41) is 4.43. The topological polar surface area (TPSA) is 0 Å². The van der Waals surface area contributed by atoms with E-state index in [-0.39, 0.29) is 0 Å². The van der Waals surface area contributed by atoms with E-state index in [1.54, 1.807) is 0 Å². The highest BCUT2D eigenvalue weighted by molar-refractivity contribution is 7.95. The van der Waals surface area contributed by atoms with Crippen LogP contribution in [0.1, 0.15) is 26.3 Å². The molecule has 0 spiro atoms. The normalized spacial score (nSPS) is 11.7. The molecular formula is C24H28P+. The van der Waals surface area contributed by atoms with Crippen LogP contribution in [0.15, 0.2) is 84.9 Å². The molecule has 3 aromatic rings. The fourth-order valence-electron chi connectivity index (χ4n) is 3.72. The fraction of sp³-hybridized carbons (Fsp3) is 0.250. The molecule has 25 heavy (non-hydrogen) atoms. The SMILES string of the molecule is CC[P+](c1ccccc1)(c1ccccc1)c1ccc(CC(C)C)cc1. The zero-order chi connectivity index (χ0) is 17.7. The largest absolute Gasteiger partial charge is 0.111 e. The first-order chi connectivity index (χ1) is 12.2. The third-order valence-electron chi connectivity index (χ3n) is 4.89. The molecular weight excluding hydrogens is 319 g/mol. The molecule has 0 saturated carbocycles. The molecule has 0 heterocycles. The van der Waals surface area contributed by atoms with Crippen LogP contribution in [-0.4, -0.2) is 6.16 Å². The summed E-state index contributed by atoms with van der Waals surface area (Å²) in [5.41, 5.74) is 1.44. The zero-order valence-electron chi connectivity index (χ0n) is 15.5. The predicted octanol–water partition coefficient (Wildman–Crippen LogP) is 5.20. The van der Waals surface area contributed by atoms with Crippen LogP contribution in [0.4, 0.5) is 0 Å². The molecule has 0 nitrogen and oxygen atoms in total. The van der Waals surface area contributed by atoms with Crippen molar-refractivity contribution in [1.29, 1.82) is 0 Å². The Hall–Kier alpha value is -1.91. The average molecular weight is 347 g/mol. The second kappa shape index (κ2) is 7.98. The van der Waals surface area contributed by atoms with Crippen LogP contribution in [0.5, 0.6) is 0 Å². The summed E-state index contributed by atoms with van der Waals surface area (Å²) in [4.78, 5) is 0. The van der Waals surface area contributed by atoms with Gasteiger partial charge in [-0.3, -0.25) is 0 Å². The van der Waals surface area contributed by atoms with Gasteiger partial charge >= 0.3 is 0 Å². The van der Waals surface area contributed by atoms with Gasteiger partial charge in [0.1, 0.15) is 23.2 Å². The Morgan fingerprint density at radius 3 is 1.48 bits per heavy atom. The first kappa shape index (κ1) is 17.9. The minimum atomic E-state index is -1.59. The van der Waals surface area contributed by atoms with E-state index in [1.165, 1.54) is 21.5 Å². The van der Waals surface area contributed by atoms with Crippen LogP contribution < -0.4 is 15.9 Å². The number of rotatable bonds is 6. The van der Waals surface area contributed by atoms with Crippen molar-refractivity contribution in [2.75, 3.05) is 6.16 Å². The Morgan fingerprint density at radius 1 is 0.640 bits per heavy atom. The van der Waals surface area contributed by atoms with Crippen LogP contribution >= 0.6 is 7.26 Å². The van der Waals surface area contributed by atoms with E-state index in [1.807, 2.05) is 0 Å². The third-order valence-corrected chi connectivity index (χ3v) is 9.38.